The van der Waals surface area contributed by atoms with Crippen LogP contribution >= 0.6 is 11.3 Å². The number of benzene rings is 3. The number of amides is 1. The Morgan fingerprint density at radius 2 is 1.65 bits per heavy atom. The number of carbonyl (C=O) groups excluding carboxylic acids is 3. The van der Waals surface area contributed by atoms with Gasteiger partial charge in [-0.05, 0) is 42.3 Å². The van der Waals surface area contributed by atoms with Gasteiger partial charge in [-0.3, -0.25) is 19.3 Å². The number of nitrogens with zero attached hydrogens (tertiary/aromatic N) is 2. The highest BCUT2D eigenvalue weighted by Gasteiger charge is 2.45. The van der Waals surface area contributed by atoms with Crippen LogP contribution in [-0.4, -0.2) is 42.0 Å². The zero-order valence-electron chi connectivity index (χ0n) is 22.1. The number of carbonyl (C=O) groups is 3. The third-order valence-electron chi connectivity index (χ3n) is 6.70. The number of aliphatic hydroxyl groups is 1. The first-order valence-electron chi connectivity index (χ1n) is 12.5. The summed E-state index contributed by atoms with van der Waals surface area (Å²) < 4.78 is 10.0. The van der Waals surface area contributed by atoms with E-state index in [0.717, 1.165) is 5.56 Å². The molecule has 1 amide bonds. The molecule has 0 spiro atoms. The topological polar surface area (TPSA) is 106 Å². The summed E-state index contributed by atoms with van der Waals surface area (Å²) in [5.74, 6) is -1.55. The van der Waals surface area contributed by atoms with Gasteiger partial charge in [-0.25, -0.2) is 4.98 Å². The fourth-order valence-corrected chi connectivity index (χ4v) is 5.68. The van der Waals surface area contributed by atoms with E-state index in [0.29, 0.717) is 38.1 Å². The average Bonchev–Trinajstić information content (AvgIpc) is 3.50. The first kappa shape index (κ1) is 26.8. The molecule has 0 aliphatic carbocycles. The number of methoxy groups -OCH3 is 2. The van der Waals surface area contributed by atoms with E-state index in [1.54, 1.807) is 62.6 Å². The SMILES string of the molecule is COC(=O)Cc1ccc(N2C(=O)C(O)=C(C(=O)c3sc(-c4ccccc4)nc3C)C2c2ccc(OC)cc2)cc1. The Hall–Kier alpha value is -4.76. The van der Waals surface area contributed by atoms with Crippen molar-refractivity contribution in [2.24, 2.45) is 0 Å². The Bertz CT molecular complexity index is 1610. The summed E-state index contributed by atoms with van der Waals surface area (Å²) in [6.45, 7) is 1.74. The Morgan fingerprint density at radius 1 is 0.975 bits per heavy atom. The molecule has 5 rings (SSSR count). The molecule has 1 aliphatic rings. The van der Waals surface area contributed by atoms with Crippen LogP contribution in [0.3, 0.4) is 0 Å². The van der Waals surface area contributed by atoms with Crippen LogP contribution in [0.25, 0.3) is 10.6 Å². The van der Waals surface area contributed by atoms with Crippen molar-refractivity contribution in [2.45, 2.75) is 19.4 Å². The van der Waals surface area contributed by atoms with Gasteiger partial charge in [0.25, 0.3) is 5.91 Å². The number of rotatable bonds is 8. The number of Topliss-reactive ketones (excluding diaryl/α,β-unsaturated/α-hetero) is 1. The van der Waals surface area contributed by atoms with Crippen molar-refractivity contribution in [1.82, 2.24) is 4.98 Å². The number of thiazole rings is 1. The molecule has 1 aliphatic heterocycles. The van der Waals surface area contributed by atoms with Crippen LogP contribution in [0.5, 0.6) is 5.75 Å². The summed E-state index contributed by atoms with van der Waals surface area (Å²) in [6.07, 6.45) is 0.0777. The van der Waals surface area contributed by atoms with E-state index < -0.39 is 23.5 Å². The molecule has 0 radical (unpaired) electrons. The Labute approximate surface area is 235 Å². The lowest BCUT2D eigenvalue weighted by molar-refractivity contribution is -0.139. The zero-order chi connectivity index (χ0) is 28.4. The molecule has 1 unspecified atom stereocenters. The van der Waals surface area contributed by atoms with Crippen molar-refractivity contribution < 1.29 is 29.0 Å². The molecule has 202 valence electrons. The predicted molar refractivity (Wildman–Crippen MR) is 152 cm³/mol. The molecular weight excluding hydrogens is 528 g/mol. The van der Waals surface area contributed by atoms with Crippen molar-refractivity contribution in [3.63, 3.8) is 0 Å². The summed E-state index contributed by atoms with van der Waals surface area (Å²) in [6, 6.07) is 22.4. The van der Waals surface area contributed by atoms with E-state index in [1.165, 1.54) is 23.3 Å². The molecule has 1 aromatic heterocycles. The van der Waals surface area contributed by atoms with Crippen LogP contribution in [0.2, 0.25) is 0 Å². The molecule has 4 aromatic rings. The number of hydrogen-bond acceptors (Lipinski definition) is 8. The quantitative estimate of drug-likeness (QED) is 0.222. The molecule has 0 bridgehead atoms. The Morgan fingerprint density at radius 3 is 2.27 bits per heavy atom. The highest BCUT2D eigenvalue weighted by atomic mass is 32.1. The number of aryl methyl sites for hydroxylation is 1. The van der Waals surface area contributed by atoms with Crippen LogP contribution in [0.15, 0.2) is 90.2 Å². The molecule has 9 heteroatoms. The minimum absolute atomic E-state index is 0.0276. The summed E-state index contributed by atoms with van der Waals surface area (Å²) in [5, 5.41) is 11.8. The van der Waals surface area contributed by atoms with Gasteiger partial charge in [0.05, 0.1) is 42.8 Å². The number of aliphatic hydroxyl groups excluding tert-OH is 1. The molecule has 40 heavy (non-hydrogen) atoms. The maximum atomic E-state index is 14.1. The van der Waals surface area contributed by atoms with Crippen LogP contribution in [-0.2, 0) is 20.7 Å². The van der Waals surface area contributed by atoms with E-state index in [2.05, 4.69) is 4.98 Å². The van der Waals surface area contributed by atoms with Crippen molar-refractivity contribution >= 4 is 34.7 Å². The predicted octanol–water partition coefficient (Wildman–Crippen LogP) is 5.63. The smallest absolute Gasteiger partial charge is 0.309 e. The largest absolute Gasteiger partial charge is 0.503 e. The average molecular weight is 555 g/mol. The minimum atomic E-state index is -0.904. The number of aromatic nitrogens is 1. The maximum absolute atomic E-state index is 14.1. The second kappa shape index (κ2) is 11.2. The third kappa shape index (κ3) is 4.99. The van der Waals surface area contributed by atoms with E-state index in [-0.39, 0.29) is 18.0 Å². The van der Waals surface area contributed by atoms with E-state index >= 15 is 0 Å². The maximum Gasteiger partial charge on any atom is 0.309 e. The summed E-state index contributed by atoms with van der Waals surface area (Å²) >= 11 is 1.22. The Balaban J connectivity index is 1.57. The van der Waals surface area contributed by atoms with Crippen LogP contribution in [0.4, 0.5) is 5.69 Å². The van der Waals surface area contributed by atoms with Crippen molar-refractivity contribution in [3.8, 4) is 16.3 Å². The first-order valence-corrected chi connectivity index (χ1v) is 13.3. The van der Waals surface area contributed by atoms with Crippen LogP contribution in [0, 0.1) is 6.92 Å². The van der Waals surface area contributed by atoms with Crippen molar-refractivity contribution in [1.29, 1.82) is 0 Å². The molecular formula is C31H26N2O6S. The lowest BCUT2D eigenvalue weighted by atomic mass is 9.94. The second-order valence-electron chi connectivity index (χ2n) is 9.16. The summed E-state index contributed by atoms with van der Waals surface area (Å²) in [4.78, 5) is 45.6. The van der Waals surface area contributed by atoms with Gasteiger partial charge in [0.1, 0.15) is 10.8 Å². The molecule has 3 aromatic carbocycles. The first-order chi connectivity index (χ1) is 19.3. The number of ketones is 1. The fraction of sp³-hybridized carbons (Fsp3) is 0.161. The third-order valence-corrected chi connectivity index (χ3v) is 7.90. The molecule has 0 saturated heterocycles. The van der Waals surface area contributed by atoms with Crippen molar-refractivity contribution in [2.75, 3.05) is 19.1 Å². The summed E-state index contributed by atoms with van der Waals surface area (Å²) in [7, 11) is 2.87. The Kier molecular flexibility index (Phi) is 7.48. The van der Waals surface area contributed by atoms with Crippen LogP contribution in [0.1, 0.15) is 32.5 Å². The number of ether oxygens (including phenoxy) is 2. The van der Waals surface area contributed by atoms with Gasteiger partial charge in [0.15, 0.2) is 5.76 Å². The van der Waals surface area contributed by atoms with E-state index in [4.69, 9.17) is 9.47 Å². The zero-order valence-corrected chi connectivity index (χ0v) is 22.9. The molecule has 1 N–H and O–H groups in total. The van der Waals surface area contributed by atoms with Crippen LogP contribution < -0.4 is 9.64 Å². The van der Waals surface area contributed by atoms with Gasteiger partial charge < -0.3 is 14.6 Å². The van der Waals surface area contributed by atoms with E-state index in [1.807, 2.05) is 30.3 Å². The highest BCUT2D eigenvalue weighted by molar-refractivity contribution is 7.17. The lowest BCUT2D eigenvalue weighted by Gasteiger charge is -2.27. The minimum Gasteiger partial charge on any atom is -0.503 e. The summed E-state index contributed by atoms with van der Waals surface area (Å²) in [5.41, 5.74) is 3.13. The molecule has 8 nitrogen and oxygen atoms in total. The number of anilines is 1. The van der Waals surface area contributed by atoms with Crippen molar-refractivity contribution in [3.05, 3.63) is 112 Å². The fourth-order valence-electron chi connectivity index (χ4n) is 4.65. The molecule has 0 fully saturated rings. The van der Waals surface area contributed by atoms with Gasteiger partial charge >= 0.3 is 5.97 Å². The lowest BCUT2D eigenvalue weighted by Crippen LogP contribution is -2.31. The van der Waals surface area contributed by atoms with Gasteiger partial charge in [-0.1, -0.05) is 54.6 Å². The van der Waals surface area contributed by atoms with Gasteiger partial charge in [-0.15, -0.1) is 11.3 Å². The molecule has 0 saturated carbocycles. The number of esters is 1. The second-order valence-corrected chi connectivity index (χ2v) is 10.2. The van der Waals surface area contributed by atoms with Gasteiger partial charge in [-0.2, -0.15) is 0 Å². The van der Waals surface area contributed by atoms with Gasteiger partial charge in [0, 0.05) is 11.3 Å². The molecule has 2 heterocycles. The molecule has 1 atom stereocenters. The standard InChI is InChI=1S/C31H26N2O6S/c1-18-29(40-30(32-18)21-7-5-4-6-8-21)27(35)25-26(20-11-15-23(38-2)16-12-20)33(31(37)28(25)36)22-13-9-19(10-14-22)17-24(34)39-3/h4-16,26,36H,17H2,1-3H3. The van der Waals surface area contributed by atoms with Gasteiger partial charge in [0.2, 0.25) is 5.78 Å². The normalized spacial score (nSPS) is 14.9. The number of hydrogen-bond donors (Lipinski definition) is 1. The van der Waals surface area contributed by atoms with E-state index in [9.17, 15) is 19.5 Å². The highest BCUT2D eigenvalue weighted by Crippen LogP contribution is 2.43. The monoisotopic (exact) mass is 554 g/mol.